The van der Waals surface area contributed by atoms with Crippen molar-refractivity contribution in [1.29, 1.82) is 0 Å². The smallest absolute Gasteiger partial charge is 0.434 e. The lowest BCUT2D eigenvalue weighted by molar-refractivity contribution is -0.798. The van der Waals surface area contributed by atoms with E-state index >= 15 is 0 Å². The highest BCUT2D eigenvalue weighted by Crippen LogP contribution is 2.12. The fourth-order valence-electron chi connectivity index (χ4n) is 1.29. The Bertz CT molecular complexity index is 365. The van der Waals surface area contributed by atoms with Crippen molar-refractivity contribution in [1.82, 2.24) is 0 Å². The summed E-state index contributed by atoms with van der Waals surface area (Å²) >= 11 is 5.38. The van der Waals surface area contributed by atoms with Crippen molar-refractivity contribution in [2.24, 2.45) is 0 Å². The minimum absolute atomic E-state index is 0.000302. The van der Waals surface area contributed by atoms with Gasteiger partial charge in [0, 0.05) is 0 Å². The SMILES string of the molecule is CC(Cl)OC(=O)OCCCC(O[N+](=O)[O-])C(C)O[N+](=O)[O-]. The van der Waals surface area contributed by atoms with E-state index in [1.165, 1.54) is 13.8 Å². The molecule has 0 bridgehead atoms. The van der Waals surface area contributed by atoms with Gasteiger partial charge in [0.05, 0.1) is 6.61 Å². The van der Waals surface area contributed by atoms with Gasteiger partial charge in [-0.2, -0.15) is 0 Å². The highest BCUT2D eigenvalue weighted by Gasteiger charge is 2.24. The quantitative estimate of drug-likeness (QED) is 0.192. The predicted molar refractivity (Wildman–Crippen MR) is 66.4 cm³/mol. The van der Waals surface area contributed by atoms with Crippen LogP contribution in [0.15, 0.2) is 0 Å². The van der Waals surface area contributed by atoms with Crippen molar-refractivity contribution < 1.29 is 34.1 Å². The molecule has 0 aliphatic heterocycles. The van der Waals surface area contributed by atoms with Crippen molar-refractivity contribution in [2.75, 3.05) is 6.61 Å². The molecule has 0 saturated carbocycles. The lowest BCUT2D eigenvalue weighted by Gasteiger charge is -2.19. The lowest BCUT2D eigenvalue weighted by atomic mass is 10.1. The Morgan fingerprint density at radius 2 is 1.76 bits per heavy atom. The van der Waals surface area contributed by atoms with Crippen LogP contribution >= 0.6 is 11.6 Å². The fourth-order valence-corrected chi connectivity index (χ4v) is 1.37. The number of carbonyl (C=O) groups excluding carboxylic acids is 1. The van der Waals surface area contributed by atoms with Gasteiger partial charge in [-0.15, -0.1) is 20.2 Å². The molecule has 0 heterocycles. The molecule has 12 heteroatoms. The molecule has 21 heavy (non-hydrogen) atoms. The van der Waals surface area contributed by atoms with Crippen LogP contribution in [0.3, 0.4) is 0 Å². The van der Waals surface area contributed by atoms with Gasteiger partial charge in [0.15, 0.2) is 5.56 Å². The molecular weight excluding hydrogens is 316 g/mol. The van der Waals surface area contributed by atoms with Crippen molar-refractivity contribution >= 4 is 17.8 Å². The van der Waals surface area contributed by atoms with E-state index in [2.05, 4.69) is 19.1 Å². The number of carbonyl (C=O) groups is 1. The third-order valence-corrected chi connectivity index (χ3v) is 2.20. The van der Waals surface area contributed by atoms with Crippen LogP contribution in [0.1, 0.15) is 26.7 Å². The number of halogens is 1. The molecule has 0 aromatic rings. The third-order valence-electron chi connectivity index (χ3n) is 2.11. The number of alkyl halides is 1. The Morgan fingerprint density at radius 1 is 1.19 bits per heavy atom. The number of hydrogen-bond acceptors (Lipinski definition) is 9. The zero-order chi connectivity index (χ0) is 16.4. The Balaban J connectivity index is 4.15. The average molecular weight is 331 g/mol. The summed E-state index contributed by atoms with van der Waals surface area (Å²) in [5.74, 6) is 0. The molecule has 0 aliphatic rings. The zero-order valence-electron chi connectivity index (χ0n) is 11.3. The molecule has 0 radical (unpaired) electrons. The topological polar surface area (TPSA) is 140 Å². The highest BCUT2D eigenvalue weighted by atomic mass is 35.5. The minimum atomic E-state index is -1.17. The molecule has 0 aromatic carbocycles. The van der Waals surface area contributed by atoms with Gasteiger partial charge in [-0.3, -0.25) is 0 Å². The molecule has 0 spiro atoms. The van der Waals surface area contributed by atoms with Crippen LogP contribution in [-0.4, -0.2) is 40.7 Å². The molecule has 0 aromatic heterocycles. The van der Waals surface area contributed by atoms with Crippen molar-refractivity contribution in [3.63, 3.8) is 0 Å². The van der Waals surface area contributed by atoms with Crippen LogP contribution in [0.5, 0.6) is 0 Å². The number of nitrogens with zero attached hydrogens (tertiary/aromatic N) is 2. The van der Waals surface area contributed by atoms with E-state index in [0.29, 0.717) is 0 Å². The summed E-state index contributed by atoms with van der Waals surface area (Å²) in [4.78, 5) is 39.9. The van der Waals surface area contributed by atoms with Crippen LogP contribution in [0, 0.1) is 20.2 Å². The molecule has 122 valence electrons. The summed E-state index contributed by atoms with van der Waals surface area (Å²) in [5, 5.41) is 18.3. The lowest BCUT2D eigenvalue weighted by Crippen LogP contribution is -2.33. The van der Waals surface area contributed by atoms with E-state index in [4.69, 9.17) is 11.6 Å². The van der Waals surface area contributed by atoms with Gasteiger partial charge in [-0.05, 0) is 26.7 Å². The van der Waals surface area contributed by atoms with Gasteiger partial charge in [-0.1, -0.05) is 11.6 Å². The standard InChI is InChI=1S/C9H15ClN2O9/c1-6(20-11(14)15)8(21-12(16)17)4-3-5-18-9(13)19-7(2)10/h6-8H,3-5H2,1-2H3. The summed E-state index contributed by atoms with van der Waals surface area (Å²) in [6.07, 6.45) is -3.16. The van der Waals surface area contributed by atoms with Gasteiger partial charge in [0.2, 0.25) is 0 Å². The molecule has 3 unspecified atom stereocenters. The molecule has 0 rings (SSSR count). The number of rotatable bonds is 10. The maximum Gasteiger partial charge on any atom is 0.509 e. The van der Waals surface area contributed by atoms with E-state index in [1.807, 2.05) is 0 Å². The Morgan fingerprint density at radius 3 is 2.24 bits per heavy atom. The Hall–Kier alpha value is -2.04. The highest BCUT2D eigenvalue weighted by molar-refractivity contribution is 6.19. The van der Waals surface area contributed by atoms with Crippen molar-refractivity contribution in [3.05, 3.63) is 20.2 Å². The number of ether oxygens (including phenoxy) is 2. The zero-order valence-corrected chi connectivity index (χ0v) is 12.1. The van der Waals surface area contributed by atoms with Crippen LogP contribution in [0.4, 0.5) is 4.79 Å². The van der Waals surface area contributed by atoms with E-state index in [9.17, 15) is 25.0 Å². The first kappa shape index (κ1) is 19.0. The summed E-state index contributed by atoms with van der Waals surface area (Å²) in [6.45, 7) is 2.55. The maximum absolute atomic E-state index is 11.0. The second-order valence-electron chi connectivity index (χ2n) is 3.80. The second-order valence-corrected chi connectivity index (χ2v) is 4.42. The Labute approximate surface area is 124 Å². The van der Waals surface area contributed by atoms with Crippen LogP contribution in [0.25, 0.3) is 0 Å². The fraction of sp³-hybridized carbons (Fsp3) is 0.889. The van der Waals surface area contributed by atoms with Gasteiger partial charge in [0.25, 0.3) is 10.2 Å². The molecule has 0 aliphatic carbocycles. The molecule has 0 fully saturated rings. The average Bonchev–Trinajstić information content (AvgIpc) is 2.30. The van der Waals surface area contributed by atoms with Gasteiger partial charge < -0.3 is 19.1 Å². The van der Waals surface area contributed by atoms with E-state index in [1.54, 1.807) is 0 Å². The molecular formula is C9H15ClN2O9. The van der Waals surface area contributed by atoms with E-state index in [-0.39, 0.29) is 19.4 Å². The third kappa shape index (κ3) is 10.4. The molecule has 3 atom stereocenters. The van der Waals surface area contributed by atoms with Gasteiger partial charge >= 0.3 is 6.16 Å². The summed E-state index contributed by atoms with van der Waals surface area (Å²) in [6, 6.07) is 0. The van der Waals surface area contributed by atoms with Crippen LogP contribution in [0.2, 0.25) is 0 Å². The second kappa shape index (κ2) is 9.80. The van der Waals surface area contributed by atoms with E-state index < -0.39 is 34.1 Å². The molecule has 0 amide bonds. The van der Waals surface area contributed by atoms with Crippen molar-refractivity contribution in [3.8, 4) is 0 Å². The first-order chi connectivity index (χ1) is 9.72. The largest absolute Gasteiger partial charge is 0.509 e. The summed E-state index contributed by atoms with van der Waals surface area (Å²) in [5.41, 5.74) is -0.850. The summed E-state index contributed by atoms with van der Waals surface area (Å²) in [7, 11) is 0. The van der Waals surface area contributed by atoms with Crippen molar-refractivity contribution in [2.45, 2.75) is 44.5 Å². The first-order valence-corrected chi connectivity index (χ1v) is 6.25. The van der Waals surface area contributed by atoms with Crippen LogP contribution in [-0.2, 0) is 19.1 Å². The van der Waals surface area contributed by atoms with Gasteiger partial charge in [0.1, 0.15) is 12.2 Å². The minimum Gasteiger partial charge on any atom is -0.434 e. The Kier molecular flexibility index (Phi) is 8.85. The van der Waals surface area contributed by atoms with Gasteiger partial charge in [-0.25, -0.2) is 4.79 Å². The first-order valence-electron chi connectivity index (χ1n) is 5.82. The summed E-state index contributed by atoms with van der Waals surface area (Å²) < 4.78 is 9.10. The van der Waals surface area contributed by atoms with Crippen LogP contribution < -0.4 is 0 Å². The maximum atomic E-state index is 11.0. The molecule has 0 N–H and O–H groups in total. The normalized spacial score (nSPS) is 14.4. The number of hydrogen-bond donors (Lipinski definition) is 0. The van der Waals surface area contributed by atoms with E-state index in [0.717, 1.165) is 0 Å². The molecule has 11 nitrogen and oxygen atoms in total. The molecule has 0 saturated heterocycles. The predicted octanol–water partition coefficient (Wildman–Crippen LogP) is 1.68. The monoisotopic (exact) mass is 330 g/mol.